The lowest BCUT2D eigenvalue weighted by atomic mass is 10.1. The van der Waals surface area contributed by atoms with Crippen LogP contribution in [-0.2, 0) is 6.42 Å². The Balaban J connectivity index is 2.48. The Kier molecular flexibility index (Phi) is 1.53. The van der Waals surface area contributed by atoms with Crippen LogP contribution in [-0.4, -0.2) is 9.61 Å². The van der Waals surface area contributed by atoms with Gasteiger partial charge in [-0.05, 0) is 12.1 Å². The second-order valence-corrected chi connectivity index (χ2v) is 3.31. The van der Waals surface area contributed by atoms with Crippen LogP contribution in [0, 0.1) is 11.3 Å². The summed E-state index contributed by atoms with van der Waals surface area (Å²) in [6.07, 6.45) is 5.58. The fourth-order valence-corrected chi connectivity index (χ4v) is 1.81. The molecule has 0 atom stereocenters. The monoisotopic (exact) mass is 197 g/mol. The van der Waals surface area contributed by atoms with Gasteiger partial charge in [0.15, 0.2) is 0 Å². The molecule has 0 aliphatic heterocycles. The minimum Gasteiger partial charge on any atom is -0.464 e. The van der Waals surface area contributed by atoms with E-state index in [1.54, 1.807) is 17.0 Å². The average Bonchev–Trinajstić information content (AvgIpc) is 2.83. The summed E-state index contributed by atoms with van der Waals surface area (Å²) in [6.45, 7) is 0. The van der Waals surface area contributed by atoms with Crippen molar-refractivity contribution < 1.29 is 4.42 Å². The molecule has 0 N–H and O–H groups in total. The highest BCUT2D eigenvalue weighted by atomic mass is 16.3. The quantitative estimate of drug-likeness (QED) is 0.600. The molecule has 4 heteroatoms. The minimum absolute atomic E-state index is 0.369. The number of aromatic nitrogens is 2. The Morgan fingerprint density at radius 2 is 2.40 bits per heavy atom. The highest BCUT2D eigenvalue weighted by Crippen LogP contribution is 2.23. The molecule has 0 spiro atoms. The molecule has 0 radical (unpaired) electrons. The van der Waals surface area contributed by atoms with Crippen LogP contribution in [0.15, 0.2) is 35.2 Å². The Morgan fingerprint density at radius 1 is 1.47 bits per heavy atom. The van der Waals surface area contributed by atoms with E-state index in [-0.39, 0.29) is 0 Å². The number of nitriles is 1. The van der Waals surface area contributed by atoms with Crippen molar-refractivity contribution >= 4 is 16.5 Å². The number of nitrogens with zero attached hydrogens (tertiary/aromatic N) is 3. The first-order valence-electron chi connectivity index (χ1n) is 4.59. The summed E-state index contributed by atoms with van der Waals surface area (Å²) in [7, 11) is 0. The standard InChI is InChI=1S/C11H7N3O/c12-4-1-8-7-13-14-5-2-10-9(11(8)14)3-6-15-10/h2-3,5-7H,1H2. The zero-order valence-corrected chi connectivity index (χ0v) is 7.84. The smallest absolute Gasteiger partial charge is 0.137 e. The van der Waals surface area contributed by atoms with Gasteiger partial charge in [-0.25, -0.2) is 4.52 Å². The van der Waals surface area contributed by atoms with E-state index >= 15 is 0 Å². The van der Waals surface area contributed by atoms with E-state index in [0.29, 0.717) is 6.42 Å². The third-order valence-electron chi connectivity index (χ3n) is 2.46. The van der Waals surface area contributed by atoms with Crippen molar-refractivity contribution in [2.45, 2.75) is 6.42 Å². The maximum Gasteiger partial charge on any atom is 0.137 e. The van der Waals surface area contributed by atoms with Crippen LogP contribution in [0.2, 0.25) is 0 Å². The molecule has 0 aliphatic rings. The first-order chi connectivity index (χ1) is 7.40. The van der Waals surface area contributed by atoms with Crippen molar-refractivity contribution in [3.05, 3.63) is 36.4 Å². The molecule has 0 aliphatic carbocycles. The van der Waals surface area contributed by atoms with Gasteiger partial charge in [0.05, 0.1) is 30.5 Å². The first kappa shape index (κ1) is 8.06. The van der Waals surface area contributed by atoms with E-state index in [1.165, 1.54) is 0 Å². The Hall–Kier alpha value is -2.28. The lowest BCUT2D eigenvalue weighted by Gasteiger charge is -1.95. The van der Waals surface area contributed by atoms with Gasteiger partial charge >= 0.3 is 0 Å². The molecule has 3 rings (SSSR count). The third kappa shape index (κ3) is 1.03. The maximum absolute atomic E-state index is 8.71. The summed E-state index contributed by atoms with van der Waals surface area (Å²) >= 11 is 0. The van der Waals surface area contributed by atoms with Gasteiger partial charge < -0.3 is 4.42 Å². The second kappa shape index (κ2) is 2.85. The molecule has 4 nitrogen and oxygen atoms in total. The second-order valence-electron chi connectivity index (χ2n) is 3.31. The van der Waals surface area contributed by atoms with Gasteiger partial charge in [0.1, 0.15) is 5.58 Å². The molecule has 0 aromatic carbocycles. The highest BCUT2D eigenvalue weighted by molar-refractivity contribution is 5.94. The van der Waals surface area contributed by atoms with Gasteiger partial charge in [0.2, 0.25) is 0 Å². The molecular formula is C11H7N3O. The van der Waals surface area contributed by atoms with Crippen molar-refractivity contribution in [3.63, 3.8) is 0 Å². The molecule has 0 saturated heterocycles. The van der Waals surface area contributed by atoms with Gasteiger partial charge in [-0.3, -0.25) is 0 Å². The molecule has 3 aromatic rings. The molecule has 0 saturated carbocycles. The average molecular weight is 197 g/mol. The van der Waals surface area contributed by atoms with E-state index in [9.17, 15) is 0 Å². The van der Waals surface area contributed by atoms with Gasteiger partial charge in [-0.1, -0.05) is 0 Å². The number of pyridine rings is 1. The van der Waals surface area contributed by atoms with E-state index in [2.05, 4.69) is 11.2 Å². The Bertz CT molecular complexity index is 672. The van der Waals surface area contributed by atoms with Crippen LogP contribution in [0.3, 0.4) is 0 Å². The van der Waals surface area contributed by atoms with E-state index in [1.807, 2.05) is 18.3 Å². The van der Waals surface area contributed by atoms with Crippen LogP contribution in [0.5, 0.6) is 0 Å². The molecular weight excluding hydrogens is 190 g/mol. The van der Waals surface area contributed by atoms with Crippen molar-refractivity contribution in [2.75, 3.05) is 0 Å². The maximum atomic E-state index is 8.71. The summed E-state index contributed by atoms with van der Waals surface area (Å²) in [5.41, 5.74) is 2.72. The summed E-state index contributed by atoms with van der Waals surface area (Å²) in [4.78, 5) is 0. The van der Waals surface area contributed by atoms with Crippen molar-refractivity contribution in [2.24, 2.45) is 0 Å². The fraction of sp³-hybridized carbons (Fsp3) is 0.0909. The van der Waals surface area contributed by atoms with E-state index in [4.69, 9.17) is 9.68 Å². The van der Waals surface area contributed by atoms with Crippen molar-refractivity contribution in [1.82, 2.24) is 9.61 Å². The van der Waals surface area contributed by atoms with Crippen LogP contribution < -0.4 is 0 Å². The predicted molar refractivity (Wildman–Crippen MR) is 54.3 cm³/mol. The summed E-state index contributed by atoms with van der Waals surface area (Å²) in [6, 6.07) is 5.90. The molecule has 72 valence electrons. The minimum atomic E-state index is 0.369. The highest BCUT2D eigenvalue weighted by Gasteiger charge is 2.08. The fourth-order valence-electron chi connectivity index (χ4n) is 1.81. The normalized spacial score (nSPS) is 10.9. The molecule has 0 bridgehead atoms. The summed E-state index contributed by atoms with van der Waals surface area (Å²) in [5.74, 6) is 0. The molecule has 3 aromatic heterocycles. The van der Waals surface area contributed by atoms with Crippen LogP contribution in [0.4, 0.5) is 0 Å². The summed E-state index contributed by atoms with van der Waals surface area (Å²) in [5, 5.41) is 13.9. The van der Waals surface area contributed by atoms with Crippen LogP contribution >= 0.6 is 0 Å². The third-order valence-corrected chi connectivity index (χ3v) is 2.46. The predicted octanol–water partition coefficient (Wildman–Crippen LogP) is 2.15. The van der Waals surface area contributed by atoms with Gasteiger partial charge in [-0.2, -0.15) is 10.4 Å². The van der Waals surface area contributed by atoms with Crippen LogP contribution in [0.1, 0.15) is 5.56 Å². The van der Waals surface area contributed by atoms with Gasteiger partial charge in [0.25, 0.3) is 0 Å². The largest absolute Gasteiger partial charge is 0.464 e. The Morgan fingerprint density at radius 3 is 3.27 bits per heavy atom. The summed E-state index contributed by atoms with van der Waals surface area (Å²) < 4.78 is 7.07. The molecule has 0 fully saturated rings. The van der Waals surface area contributed by atoms with E-state index in [0.717, 1.165) is 22.0 Å². The first-order valence-corrected chi connectivity index (χ1v) is 4.59. The molecule has 15 heavy (non-hydrogen) atoms. The zero-order chi connectivity index (χ0) is 10.3. The number of fused-ring (bicyclic) bond motifs is 3. The number of rotatable bonds is 1. The number of hydrogen-bond acceptors (Lipinski definition) is 3. The SMILES string of the molecule is N#CCc1cnn2ccc3occc3c12. The number of furan rings is 1. The molecule has 3 heterocycles. The van der Waals surface area contributed by atoms with Gasteiger partial charge in [0, 0.05) is 17.1 Å². The Labute approximate surface area is 85.3 Å². The lowest BCUT2D eigenvalue weighted by molar-refractivity contribution is 0.615. The van der Waals surface area contributed by atoms with Crippen LogP contribution in [0.25, 0.3) is 16.5 Å². The lowest BCUT2D eigenvalue weighted by Crippen LogP contribution is -1.86. The van der Waals surface area contributed by atoms with Gasteiger partial charge in [-0.15, -0.1) is 0 Å². The number of hydrogen-bond donors (Lipinski definition) is 0. The van der Waals surface area contributed by atoms with E-state index < -0.39 is 0 Å². The molecule has 0 unspecified atom stereocenters. The molecule has 0 amide bonds. The topological polar surface area (TPSA) is 54.2 Å². The van der Waals surface area contributed by atoms with Crippen molar-refractivity contribution in [1.29, 1.82) is 5.26 Å². The van der Waals surface area contributed by atoms with Crippen molar-refractivity contribution in [3.8, 4) is 6.07 Å². The zero-order valence-electron chi connectivity index (χ0n) is 7.84.